The SMILES string of the molecule is Cc1cc(C)cc(C(C)NCc2cc(F)ccc2Br)c1. The van der Waals surface area contributed by atoms with Crippen LogP contribution in [0.1, 0.15) is 35.2 Å². The van der Waals surface area contributed by atoms with Crippen molar-refractivity contribution in [2.24, 2.45) is 0 Å². The van der Waals surface area contributed by atoms with Gasteiger partial charge >= 0.3 is 0 Å². The van der Waals surface area contributed by atoms with Gasteiger partial charge in [0.2, 0.25) is 0 Å². The fourth-order valence-electron chi connectivity index (χ4n) is 2.32. The average Bonchev–Trinajstić information content (AvgIpc) is 2.38. The summed E-state index contributed by atoms with van der Waals surface area (Å²) in [4.78, 5) is 0. The topological polar surface area (TPSA) is 12.0 Å². The van der Waals surface area contributed by atoms with Crippen LogP contribution in [0.25, 0.3) is 0 Å². The second-order valence-electron chi connectivity index (χ2n) is 5.26. The van der Waals surface area contributed by atoms with E-state index in [0.717, 1.165) is 10.0 Å². The van der Waals surface area contributed by atoms with Gasteiger partial charge in [0.15, 0.2) is 0 Å². The summed E-state index contributed by atoms with van der Waals surface area (Å²) in [6.45, 7) is 6.96. The van der Waals surface area contributed by atoms with E-state index in [1.165, 1.54) is 22.8 Å². The summed E-state index contributed by atoms with van der Waals surface area (Å²) in [7, 11) is 0. The summed E-state index contributed by atoms with van der Waals surface area (Å²) in [6, 6.07) is 11.5. The zero-order valence-corrected chi connectivity index (χ0v) is 13.6. The number of halogens is 2. The van der Waals surface area contributed by atoms with E-state index < -0.39 is 0 Å². The van der Waals surface area contributed by atoms with Crippen LogP contribution >= 0.6 is 15.9 Å². The Labute approximate surface area is 128 Å². The molecule has 3 heteroatoms. The van der Waals surface area contributed by atoms with E-state index in [0.29, 0.717) is 6.54 Å². The molecule has 0 spiro atoms. The minimum Gasteiger partial charge on any atom is -0.306 e. The standard InChI is InChI=1S/C17H19BrFN/c1-11-6-12(2)8-14(7-11)13(3)20-10-15-9-16(19)4-5-17(15)18/h4-9,13,20H,10H2,1-3H3. The van der Waals surface area contributed by atoms with Crippen molar-refractivity contribution in [3.05, 3.63) is 68.9 Å². The van der Waals surface area contributed by atoms with Gasteiger partial charge in [-0.3, -0.25) is 0 Å². The van der Waals surface area contributed by atoms with Gasteiger partial charge < -0.3 is 5.32 Å². The summed E-state index contributed by atoms with van der Waals surface area (Å²) < 4.78 is 14.2. The van der Waals surface area contributed by atoms with E-state index in [9.17, 15) is 4.39 Å². The molecule has 1 nitrogen and oxygen atoms in total. The molecule has 0 fully saturated rings. The normalized spacial score (nSPS) is 12.4. The highest BCUT2D eigenvalue weighted by Gasteiger charge is 2.08. The van der Waals surface area contributed by atoms with Gasteiger partial charge in [0.1, 0.15) is 5.82 Å². The molecule has 0 aromatic heterocycles. The number of aryl methyl sites for hydroxylation is 2. The van der Waals surface area contributed by atoms with Crippen molar-refractivity contribution >= 4 is 15.9 Å². The van der Waals surface area contributed by atoms with E-state index in [2.05, 4.69) is 60.2 Å². The van der Waals surface area contributed by atoms with Gasteiger partial charge in [-0.2, -0.15) is 0 Å². The molecule has 0 heterocycles. The van der Waals surface area contributed by atoms with Crippen molar-refractivity contribution in [2.75, 3.05) is 0 Å². The monoisotopic (exact) mass is 335 g/mol. The van der Waals surface area contributed by atoms with Crippen molar-refractivity contribution in [3.63, 3.8) is 0 Å². The highest BCUT2D eigenvalue weighted by Crippen LogP contribution is 2.20. The number of benzene rings is 2. The third kappa shape index (κ3) is 3.90. The number of hydrogen-bond donors (Lipinski definition) is 1. The molecule has 0 bridgehead atoms. The first-order valence-electron chi connectivity index (χ1n) is 6.71. The van der Waals surface area contributed by atoms with Crippen LogP contribution in [0.3, 0.4) is 0 Å². The quantitative estimate of drug-likeness (QED) is 0.823. The summed E-state index contributed by atoms with van der Waals surface area (Å²) in [5.74, 6) is -0.205. The Morgan fingerprint density at radius 3 is 2.40 bits per heavy atom. The number of nitrogens with one attached hydrogen (secondary N) is 1. The molecule has 1 atom stereocenters. The maximum atomic E-state index is 13.3. The fraction of sp³-hybridized carbons (Fsp3) is 0.294. The Bertz CT molecular complexity index is 590. The van der Waals surface area contributed by atoms with Crippen LogP contribution < -0.4 is 5.32 Å². The molecule has 2 aromatic carbocycles. The zero-order valence-electron chi connectivity index (χ0n) is 12.0. The van der Waals surface area contributed by atoms with Gasteiger partial charge in [0.25, 0.3) is 0 Å². The van der Waals surface area contributed by atoms with E-state index in [1.807, 2.05) is 0 Å². The van der Waals surface area contributed by atoms with Crippen LogP contribution in [0.2, 0.25) is 0 Å². The second kappa shape index (κ2) is 6.51. The number of rotatable bonds is 4. The minimum atomic E-state index is -0.205. The molecule has 1 unspecified atom stereocenters. The van der Waals surface area contributed by atoms with Crippen molar-refractivity contribution in [1.29, 1.82) is 0 Å². The Kier molecular flexibility index (Phi) is 4.95. The number of hydrogen-bond acceptors (Lipinski definition) is 1. The second-order valence-corrected chi connectivity index (χ2v) is 6.11. The predicted molar refractivity (Wildman–Crippen MR) is 85.3 cm³/mol. The molecular weight excluding hydrogens is 317 g/mol. The van der Waals surface area contributed by atoms with E-state index in [1.54, 1.807) is 12.1 Å². The molecule has 1 N–H and O–H groups in total. The maximum absolute atomic E-state index is 13.3. The molecule has 20 heavy (non-hydrogen) atoms. The molecule has 106 valence electrons. The molecule has 2 aromatic rings. The predicted octanol–water partition coefficient (Wildman–Crippen LogP) is 5.06. The zero-order chi connectivity index (χ0) is 14.7. The van der Waals surface area contributed by atoms with Crippen LogP contribution in [0.4, 0.5) is 4.39 Å². The molecular formula is C17H19BrFN. The van der Waals surface area contributed by atoms with E-state index >= 15 is 0 Å². The molecule has 0 saturated heterocycles. The Hall–Kier alpha value is -1.19. The Morgan fingerprint density at radius 2 is 1.75 bits per heavy atom. The molecule has 0 aliphatic rings. The fourth-order valence-corrected chi connectivity index (χ4v) is 2.71. The van der Waals surface area contributed by atoms with Crippen LogP contribution in [0.15, 0.2) is 40.9 Å². The first-order valence-corrected chi connectivity index (χ1v) is 7.50. The van der Waals surface area contributed by atoms with Crippen molar-refractivity contribution in [3.8, 4) is 0 Å². The van der Waals surface area contributed by atoms with Gasteiger partial charge in [-0.05, 0) is 50.1 Å². The van der Waals surface area contributed by atoms with Crippen LogP contribution in [0, 0.1) is 19.7 Å². The van der Waals surface area contributed by atoms with E-state index in [4.69, 9.17) is 0 Å². The Morgan fingerprint density at radius 1 is 1.10 bits per heavy atom. The van der Waals surface area contributed by atoms with Gasteiger partial charge in [-0.25, -0.2) is 4.39 Å². The average molecular weight is 336 g/mol. The van der Waals surface area contributed by atoms with Crippen molar-refractivity contribution in [1.82, 2.24) is 5.32 Å². The lowest BCUT2D eigenvalue weighted by Gasteiger charge is -2.16. The maximum Gasteiger partial charge on any atom is 0.123 e. The van der Waals surface area contributed by atoms with Crippen LogP contribution in [0.5, 0.6) is 0 Å². The lowest BCUT2D eigenvalue weighted by molar-refractivity contribution is 0.567. The third-order valence-electron chi connectivity index (χ3n) is 3.35. The lowest BCUT2D eigenvalue weighted by Crippen LogP contribution is -2.18. The minimum absolute atomic E-state index is 0.205. The van der Waals surface area contributed by atoms with Crippen molar-refractivity contribution in [2.45, 2.75) is 33.4 Å². The summed E-state index contributed by atoms with van der Waals surface area (Å²) in [5, 5.41) is 3.44. The molecule has 0 amide bonds. The first kappa shape index (κ1) is 15.2. The first-order chi connectivity index (χ1) is 9.45. The molecule has 0 aliphatic heterocycles. The molecule has 0 saturated carbocycles. The van der Waals surface area contributed by atoms with Gasteiger partial charge in [-0.1, -0.05) is 45.3 Å². The molecule has 0 aliphatic carbocycles. The molecule has 2 rings (SSSR count). The smallest absolute Gasteiger partial charge is 0.123 e. The van der Waals surface area contributed by atoms with Crippen molar-refractivity contribution < 1.29 is 4.39 Å². The largest absolute Gasteiger partial charge is 0.306 e. The summed E-state index contributed by atoms with van der Waals surface area (Å²) in [5.41, 5.74) is 4.72. The lowest BCUT2D eigenvalue weighted by atomic mass is 10.0. The summed E-state index contributed by atoms with van der Waals surface area (Å²) in [6.07, 6.45) is 0. The van der Waals surface area contributed by atoms with Crippen LogP contribution in [-0.4, -0.2) is 0 Å². The highest BCUT2D eigenvalue weighted by atomic mass is 79.9. The molecule has 0 radical (unpaired) electrons. The summed E-state index contributed by atoms with van der Waals surface area (Å²) >= 11 is 3.45. The van der Waals surface area contributed by atoms with Crippen LogP contribution in [-0.2, 0) is 6.54 Å². The van der Waals surface area contributed by atoms with Gasteiger partial charge in [-0.15, -0.1) is 0 Å². The highest BCUT2D eigenvalue weighted by molar-refractivity contribution is 9.10. The van der Waals surface area contributed by atoms with Gasteiger partial charge in [0, 0.05) is 17.1 Å². The van der Waals surface area contributed by atoms with Gasteiger partial charge in [0.05, 0.1) is 0 Å². The third-order valence-corrected chi connectivity index (χ3v) is 4.12. The Balaban J connectivity index is 2.08. The van der Waals surface area contributed by atoms with E-state index in [-0.39, 0.29) is 11.9 Å².